The SMILES string of the molecule is CC(C)[C@@H]1CN(C(=O)c2nn(C)c3ccccc23)CCCN1CC1CC1. The van der Waals surface area contributed by atoms with Gasteiger partial charge in [0.05, 0.1) is 5.52 Å². The third-order valence-corrected chi connectivity index (χ3v) is 5.96. The van der Waals surface area contributed by atoms with Gasteiger partial charge in [0.2, 0.25) is 0 Å². The van der Waals surface area contributed by atoms with E-state index in [2.05, 4.69) is 23.8 Å². The van der Waals surface area contributed by atoms with Crippen LogP contribution in [-0.4, -0.2) is 57.7 Å². The van der Waals surface area contributed by atoms with Crippen LogP contribution in [0.3, 0.4) is 0 Å². The highest BCUT2D eigenvalue weighted by molar-refractivity contribution is 6.04. The molecule has 26 heavy (non-hydrogen) atoms. The van der Waals surface area contributed by atoms with Gasteiger partial charge in [-0.15, -0.1) is 0 Å². The molecule has 0 unspecified atom stereocenters. The molecule has 1 aromatic carbocycles. The van der Waals surface area contributed by atoms with Crippen LogP contribution in [0.1, 0.15) is 43.6 Å². The summed E-state index contributed by atoms with van der Waals surface area (Å²) >= 11 is 0. The Balaban J connectivity index is 1.58. The predicted molar refractivity (Wildman–Crippen MR) is 104 cm³/mol. The highest BCUT2D eigenvalue weighted by Crippen LogP contribution is 2.32. The molecule has 2 fully saturated rings. The minimum Gasteiger partial charge on any atom is -0.336 e. The molecule has 140 valence electrons. The Morgan fingerprint density at radius 2 is 2.00 bits per heavy atom. The molecule has 2 aliphatic rings. The van der Waals surface area contributed by atoms with Gasteiger partial charge in [-0.25, -0.2) is 0 Å². The molecule has 1 aliphatic carbocycles. The van der Waals surface area contributed by atoms with Crippen LogP contribution in [0.25, 0.3) is 10.9 Å². The largest absolute Gasteiger partial charge is 0.336 e. The van der Waals surface area contributed by atoms with Crippen molar-refractivity contribution in [3.05, 3.63) is 30.0 Å². The van der Waals surface area contributed by atoms with E-state index < -0.39 is 0 Å². The number of aromatic nitrogens is 2. The molecule has 0 spiro atoms. The standard InChI is InChI=1S/C21H30N4O/c1-15(2)19-14-25(12-6-11-24(19)13-16-9-10-16)21(26)20-17-7-4-5-8-18(17)23(3)22-20/h4-5,7-8,15-16,19H,6,9-14H2,1-3H3/t19-/m0/s1. The maximum absolute atomic E-state index is 13.3. The van der Waals surface area contributed by atoms with E-state index >= 15 is 0 Å². The number of rotatable bonds is 4. The van der Waals surface area contributed by atoms with Crippen LogP contribution >= 0.6 is 0 Å². The van der Waals surface area contributed by atoms with Gasteiger partial charge in [0, 0.05) is 44.7 Å². The number of nitrogens with zero attached hydrogens (tertiary/aromatic N) is 4. The Kier molecular flexibility index (Phi) is 4.74. The van der Waals surface area contributed by atoms with Gasteiger partial charge in [-0.05, 0) is 37.2 Å². The lowest BCUT2D eigenvalue weighted by Crippen LogP contribution is -2.46. The summed E-state index contributed by atoms with van der Waals surface area (Å²) in [5, 5.41) is 5.51. The Morgan fingerprint density at radius 3 is 2.73 bits per heavy atom. The van der Waals surface area contributed by atoms with E-state index in [0.717, 1.165) is 42.9 Å². The molecule has 1 aliphatic heterocycles. The summed E-state index contributed by atoms with van der Waals surface area (Å²) in [5.74, 6) is 1.52. The van der Waals surface area contributed by atoms with Crippen LogP contribution in [-0.2, 0) is 7.05 Å². The number of hydrogen-bond donors (Lipinski definition) is 0. The topological polar surface area (TPSA) is 41.4 Å². The summed E-state index contributed by atoms with van der Waals surface area (Å²) in [4.78, 5) is 18.0. The molecule has 2 heterocycles. The molecule has 1 saturated heterocycles. The van der Waals surface area contributed by atoms with Gasteiger partial charge in [0.1, 0.15) is 0 Å². The number of para-hydroxylation sites is 1. The molecule has 1 saturated carbocycles. The number of carbonyl (C=O) groups is 1. The van der Waals surface area contributed by atoms with Crippen molar-refractivity contribution in [2.45, 2.75) is 39.2 Å². The number of hydrogen-bond acceptors (Lipinski definition) is 3. The monoisotopic (exact) mass is 354 g/mol. The fraction of sp³-hybridized carbons (Fsp3) is 0.619. The van der Waals surface area contributed by atoms with Gasteiger partial charge in [0.25, 0.3) is 5.91 Å². The fourth-order valence-corrected chi connectivity index (χ4v) is 4.26. The Morgan fingerprint density at radius 1 is 1.23 bits per heavy atom. The fourth-order valence-electron chi connectivity index (χ4n) is 4.26. The maximum atomic E-state index is 13.3. The van der Waals surface area contributed by atoms with Gasteiger partial charge in [-0.2, -0.15) is 5.10 Å². The first-order valence-electron chi connectivity index (χ1n) is 9.99. The maximum Gasteiger partial charge on any atom is 0.275 e. The average Bonchev–Trinajstić information content (AvgIpc) is 3.41. The molecule has 5 heteroatoms. The van der Waals surface area contributed by atoms with Crippen molar-refractivity contribution in [3.63, 3.8) is 0 Å². The number of benzene rings is 1. The molecule has 2 aromatic rings. The lowest BCUT2D eigenvalue weighted by Gasteiger charge is -2.34. The Hall–Kier alpha value is -1.88. The average molecular weight is 354 g/mol. The van der Waals surface area contributed by atoms with Gasteiger partial charge < -0.3 is 4.90 Å². The molecule has 0 N–H and O–H groups in total. The van der Waals surface area contributed by atoms with E-state index in [9.17, 15) is 4.79 Å². The molecular formula is C21H30N4O. The van der Waals surface area contributed by atoms with Gasteiger partial charge in [0.15, 0.2) is 5.69 Å². The molecule has 0 radical (unpaired) electrons. The summed E-state index contributed by atoms with van der Waals surface area (Å²) < 4.78 is 1.82. The van der Waals surface area contributed by atoms with E-state index in [-0.39, 0.29) is 5.91 Å². The highest BCUT2D eigenvalue weighted by Gasteiger charge is 2.34. The second kappa shape index (κ2) is 7.03. The molecule has 4 rings (SSSR count). The first-order valence-corrected chi connectivity index (χ1v) is 9.99. The second-order valence-electron chi connectivity index (χ2n) is 8.34. The van der Waals surface area contributed by atoms with Crippen molar-refractivity contribution in [2.75, 3.05) is 26.2 Å². The zero-order chi connectivity index (χ0) is 18.3. The molecule has 0 bridgehead atoms. The minimum absolute atomic E-state index is 0.0840. The van der Waals surface area contributed by atoms with Crippen LogP contribution < -0.4 is 0 Å². The summed E-state index contributed by atoms with van der Waals surface area (Å²) in [6.45, 7) is 8.52. The Labute approximate surface area is 155 Å². The number of aryl methyl sites for hydroxylation is 1. The normalized spacial score (nSPS) is 22.2. The predicted octanol–water partition coefficient (Wildman–Crippen LogP) is 3.16. The van der Waals surface area contributed by atoms with Crippen LogP contribution in [0.2, 0.25) is 0 Å². The van der Waals surface area contributed by atoms with Crippen LogP contribution in [0.4, 0.5) is 0 Å². The first-order chi connectivity index (χ1) is 12.5. The van der Waals surface area contributed by atoms with Gasteiger partial charge in [-0.3, -0.25) is 14.4 Å². The molecule has 1 atom stereocenters. The third kappa shape index (κ3) is 3.37. The van der Waals surface area contributed by atoms with Crippen molar-refractivity contribution < 1.29 is 4.79 Å². The highest BCUT2D eigenvalue weighted by atomic mass is 16.2. The van der Waals surface area contributed by atoms with Crippen molar-refractivity contribution in [1.29, 1.82) is 0 Å². The van der Waals surface area contributed by atoms with Crippen molar-refractivity contribution in [2.24, 2.45) is 18.9 Å². The molecule has 5 nitrogen and oxygen atoms in total. The Bertz CT molecular complexity index is 792. The molecular weight excluding hydrogens is 324 g/mol. The smallest absolute Gasteiger partial charge is 0.275 e. The van der Waals surface area contributed by atoms with E-state index in [1.165, 1.54) is 19.4 Å². The van der Waals surface area contributed by atoms with Gasteiger partial charge >= 0.3 is 0 Å². The van der Waals surface area contributed by atoms with E-state index in [0.29, 0.717) is 17.7 Å². The molecule has 1 amide bonds. The lowest BCUT2D eigenvalue weighted by molar-refractivity contribution is 0.0699. The molecule has 1 aromatic heterocycles. The van der Waals surface area contributed by atoms with Crippen molar-refractivity contribution in [1.82, 2.24) is 19.6 Å². The van der Waals surface area contributed by atoms with Crippen molar-refractivity contribution >= 4 is 16.8 Å². The third-order valence-electron chi connectivity index (χ3n) is 5.96. The number of carbonyl (C=O) groups excluding carboxylic acids is 1. The minimum atomic E-state index is 0.0840. The summed E-state index contributed by atoms with van der Waals surface area (Å²) in [7, 11) is 1.91. The van der Waals surface area contributed by atoms with Crippen LogP contribution in [0.5, 0.6) is 0 Å². The zero-order valence-corrected chi connectivity index (χ0v) is 16.2. The summed E-state index contributed by atoms with van der Waals surface area (Å²) in [5.41, 5.74) is 1.61. The van der Waals surface area contributed by atoms with Gasteiger partial charge in [-0.1, -0.05) is 32.0 Å². The quantitative estimate of drug-likeness (QED) is 0.847. The second-order valence-corrected chi connectivity index (χ2v) is 8.34. The van der Waals surface area contributed by atoms with Crippen LogP contribution in [0.15, 0.2) is 24.3 Å². The number of amides is 1. The van der Waals surface area contributed by atoms with Crippen LogP contribution in [0, 0.1) is 11.8 Å². The summed E-state index contributed by atoms with van der Waals surface area (Å²) in [6, 6.07) is 8.45. The summed E-state index contributed by atoms with van der Waals surface area (Å²) in [6.07, 6.45) is 3.81. The van der Waals surface area contributed by atoms with E-state index in [1.54, 1.807) is 0 Å². The van der Waals surface area contributed by atoms with E-state index in [4.69, 9.17) is 0 Å². The van der Waals surface area contributed by atoms with E-state index in [1.807, 2.05) is 40.9 Å². The van der Waals surface area contributed by atoms with Crippen molar-refractivity contribution in [3.8, 4) is 0 Å². The first kappa shape index (κ1) is 17.5. The lowest BCUT2D eigenvalue weighted by atomic mass is 10.0. The number of fused-ring (bicyclic) bond motifs is 1. The zero-order valence-electron chi connectivity index (χ0n) is 16.2.